The molecule has 86 valence electrons. The minimum Gasteiger partial charge on any atom is -0.305 e. The number of benzene rings is 1. The summed E-state index contributed by atoms with van der Waals surface area (Å²) in [5.41, 5.74) is 4.98. The van der Waals surface area contributed by atoms with E-state index in [1.807, 2.05) is 24.6 Å². The molecular weight excluding hydrogens is 228 g/mol. The summed E-state index contributed by atoms with van der Waals surface area (Å²) in [6.45, 7) is 6.36. The van der Waals surface area contributed by atoms with Crippen LogP contribution in [0.15, 0.2) is 30.0 Å². The number of imidazole rings is 1. The van der Waals surface area contributed by atoms with E-state index in [-0.39, 0.29) is 0 Å². The molecule has 1 aromatic carbocycles. The Labute approximate surface area is 105 Å². The van der Waals surface area contributed by atoms with Gasteiger partial charge in [0.15, 0.2) is 0 Å². The molecule has 17 heavy (non-hydrogen) atoms. The first-order valence-corrected chi connectivity index (χ1v) is 6.53. The maximum atomic E-state index is 4.30. The van der Waals surface area contributed by atoms with Gasteiger partial charge in [0.25, 0.3) is 0 Å². The molecule has 0 aliphatic carbocycles. The molecule has 2 nitrogen and oxygen atoms in total. The van der Waals surface area contributed by atoms with Gasteiger partial charge in [-0.2, -0.15) is 0 Å². The summed E-state index contributed by atoms with van der Waals surface area (Å²) in [5.74, 6) is 0. The summed E-state index contributed by atoms with van der Waals surface area (Å²) < 4.78 is 3.45. The molecule has 0 saturated carbocycles. The largest absolute Gasteiger partial charge is 0.305 e. The molecule has 2 heterocycles. The van der Waals surface area contributed by atoms with Gasteiger partial charge >= 0.3 is 0 Å². The molecule has 0 bridgehead atoms. The summed E-state index contributed by atoms with van der Waals surface area (Å²) in [6.07, 6.45) is 3.95. The Morgan fingerprint density at radius 3 is 2.65 bits per heavy atom. The van der Waals surface area contributed by atoms with Crippen LogP contribution in [0, 0.1) is 20.8 Å². The summed E-state index contributed by atoms with van der Waals surface area (Å²) >= 11 is 1.81. The van der Waals surface area contributed by atoms with Crippen molar-refractivity contribution in [2.45, 2.75) is 20.8 Å². The van der Waals surface area contributed by atoms with Crippen molar-refractivity contribution in [2.75, 3.05) is 0 Å². The van der Waals surface area contributed by atoms with E-state index >= 15 is 0 Å². The average molecular weight is 242 g/mol. The smallest absolute Gasteiger partial charge is 0.0995 e. The molecule has 0 fully saturated rings. The normalized spacial score (nSPS) is 11.2. The van der Waals surface area contributed by atoms with E-state index in [0.29, 0.717) is 0 Å². The second-order valence-corrected chi connectivity index (χ2v) is 5.33. The standard InChI is InChI=1S/C14H14N2S/c1-9-4-5-12(16-6-11(3)15-8-16)14-13(9)10(2)7-17-14/h4-8H,1-3H3. The summed E-state index contributed by atoms with van der Waals surface area (Å²) in [7, 11) is 0. The van der Waals surface area contributed by atoms with Gasteiger partial charge in [0.05, 0.1) is 22.4 Å². The molecule has 0 saturated heterocycles. The summed E-state index contributed by atoms with van der Waals surface area (Å²) in [6, 6.07) is 4.36. The Morgan fingerprint density at radius 1 is 1.12 bits per heavy atom. The van der Waals surface area contributed by atoms with Crippen molar-refractivity contribution in [2.24, 2.45) is 0 Å². The highest BCUT2D eigenvalue weighted by Gasteiger charge is 2.09. The van der Waals surface area contributed by atoms with Crippen LogP contribution in [0.2, 0.25) is 0 Å². The third-order valence-corrected chi connectivity index (χ3v) is 4.20. The second-order valence-electron chi connectivity index (χ2n) is 4.45. The minimum atomic E-state index is 1.05. The van der Waals surface area contributed by atoms with Crippen LogP contribution in [0.5, 0.6) is 0 Å². The second kappa shape index (κ2) is 3.70. The zero-order chi connectivity index (χ0) is 12.0. The van der Waals surface area contributed by atoms with E-state index in [1.54, 1.807) is 0 Å². The molecule has 0 amide bonds. The summed E-state index contributed by atoms with van der Waals surface area (Å²) in [4.78, 5) is 4.30. The van der Waals surface area contributed by atoms with Gasteiger partial charge in [0.2, 0.25) is 0 Å². The highest BCUT2D eigenvalue weighted by atomic mass is 32.1. The number of aryl methyl sites for hydroxylation is 3. The van der Waals surface area contributed by atoms with Crippen molar-refractivity contribution in [1.82, 2.24) is 9.55 Å². The van der Waals surface area contributed by atoms with E-state index in [0.717, 1.165) is 5.69 Å². The van der Waals surface area contributed by atoms with E-state index < -0.39 is 0 Å². The predicted molar refractivity (Wildman–Crippen MR) is 73.2 cm³/mol. The van der Waals surface area contributed by atoms with Crippen molar-refractivity contribution < 1.29 is 0 Å². The molecule has 0 radical (unpaired) electrons. The van der Waals surface area contributed by atoms with Crippen LogP contribution in [-0.2, 0) is 0 Å². The van der Waals surface area contributed by atoms with Gasteiger partial charge in [0.1, 0.15) is 0 Å². The number of aromatic nitrogens is 2. The van der Waals surface area contributed by atoms with Crippen molar-refractivity contribution in [1.29, 1.82) is 0 Å². The highest BCUT2D eigenvalue weighted by molar-refractivity contribution is 7.17. The third-order valence-electron chi connectivity index (χ3n) is 3.08. The fourth-order valence-electron chi connectivity index (χ4n) is 2.24. The SMILES string of the molecule is Cc1cn(-c2ccc(C)c3c(C)csc23)cn1. The lowest BCUT2D eigenvalue weighted by atomic mass is 10.1. The van der Waals surface area contributed by atoms with E-state index in [1.165, 1.54) is 26.9 Å². The Hall–Kier alpha value is -1.61. The van der Waals surface area contributed by atoms with Crippen LogP contribution >= 0.6 is 11.3 Å². The number of hydrogen-bond donors (Lipinski definition) is 0. The lowest BCUT2D eigenvalue weighted by Crippen LogP contribution is -1.91. The molecule has 3 heteroatoms. The zero-order valence-corrected chi connectivity index (χ0v) is 11.0. The summed E-state index contributed by atoms with van der Waals surface area (Å²) in [5, 5.41) is 3.61. The van der Waals surface area contributed by atoms with Gasteiger partial charge in [-0.3, -0.25) is 0 Å². The molecule has 0 unspecified atom stereocenters. The number of thiophene rings is 1. The van der Waals surface area contributed by atoms with Crippen molar-refractivity contribution >= 4 is 21.4 Å². The minimum absolute atomic E-state index is 1.05. The van der Waals surface area contributed by atoms with Crippen molar-refractivity contribution in [3.05, 3.63) is 46.9 Å². The van der Waals surface area contributed by atoms with Gasteiger partial charge < -0.3 is 4.57 Å². The van der Waals surface area contributed by atoms with Gasteiger partial charge in [-0.15, -0.1) is 11.3 Å². The predicted octanol–water partition coefficient (Wildman–Crippen LogP) is 4.01. The van der Waals surface area contributed by atoms with E-state index in [4.69, 9.17) is 0 Å². The number of rotatable bonds is 1. The van der Waals surface area contributed by atoms with Crippen LogP contribution in [0.25, 0.3) is 15.8 Å². The number of fused-ring (bicyclic) bond motifs is 1. The van der Waals surface area contributed by atoms with Gasteiger partial charge in [0, 0.05) is 11.6 Å². The monoisotopic (exact) mass is 242 g/mol. The van der Waals surface area contributed by atoms with Crippen LogP contribution < -0.4 is 0 Å². The van der Waals surface area contributed by atoms with Crippen LogP contribution in [0.1, 0.15) is 16.8 Å². The Morgan fingerprint density at radius 2 is 1.94 bits per heavy atom. The van der Waals surface area contributed by atoms with Crippen LogP contribution in [0.3, 0.4) is 0 Å². The molecule has 0 atom stereocenters. The first kappa shape index (κ1) is 10.5. The number of hydrogen-bond acceptors (Lipinski definition) is 2. The fourth-order valence-corrected chi connectivity index (χ4v) is 3.39. The van der Waals surface area contributed by atoms with E-state index in [9.17, 15) is 0 Å². The zero-order valence-electron chi connectivity index (χ0n) is 10.2. The molecule has 3 aromatic rings. The maximum Gasteiger partial charge on any atom is 0.0995 e. The Bertz CT molecular complexity index is 691. The average Bonchev–Trinajstić information content (AvgIpc) is 2.87. The fraction of sp³-hybridized carbons (Fsp3) is 0.214. The molecule has 2 aromatic heterocycles. The molecule has 0 aliphatic rings. The van der Waals surface area contributed by atoms with Gasteiger partial charge in [-0.05, 0) is 43.3 Å². The Kier molecular flexibility index (Phi) is 2.30. The molecule has 0 N–H and O–H groups in total. The maximum absolute atomic E-state index is 4.30. The molecule has 0 spiro atoms. The van der Waals surface area contributed by atoms with Crippen molar-refractivity contribution in [3.63, 3.8) is 0 Å². The lowest BCUT2D eigenvalue weighted by molar-refractivity contribution is 1.07. The molecular formula is C14H14N2S. The first-order chi connectivity index (χ1) is 8.16. The Balaban J connectivity index is 2.34. The topological polar surface area (TPSA) is 17.8 Å². The van der Waals surface area contributed by atoms with E-state index in [2.05, 4.69) is 47.1 Å². The van der Waals surface area contributed by atoms with Crippen LogP contribution in [-0.4, -0.2) is 9.55 Å². The van der Waals surface area contributed by atoms with Gasteiger partial charge in [-0.1, -0.05) is 6.07 Å². The van der Waals surface area contributed by atoms with Crippen molar-refractivity contribution in [3.8, 4) is 5.69 Å². The highest BCUT2D eigenvalue weighted by Crippen LogP contribution is 2.33. The quantitative estimate of drug-likeness (QED) is 0.630. The third kappa shape index (κ3) is 1.58. The lowest BCUT2D eigenvalue weighted by Gasteiger charge is -2.06. The van der Waals surface area contributed by atoms with Gasteiger partial charge in [-0.25, -0.2) is 4.98 Å². The molecule has 3 rings (SSSR count). The van der Waals surface area contributed by atoms with Crippen LogP contribution in [0.4, 0.5) is 0 Å². The first-order valence-electron chi connectivity index (χ1n) is 5.65. The molecule has 0 aliphatic heterocycles. The number of nitrogens with zero attached hydrogens (tertiary/aromatic N) is 2.